The lowest BCUT2D eigenvalue weighted by Crippen LogP contribution is -2.13. The number of aromatic amines is 1. The molecule has 0 saturated carbocycles. The summed E-state index contributed by atoms with van der Waals surface area (Å²) in [5.74, 6) is -1.28. The molecule has 0 fully saturated rings. The van der Waals surface area contributed by atoms with Gasteiger partial charge in [0.15, 0.2) is 5.65 Å². The lowest BCUT2D eigenvalue weighted by atomic mass is 10.1. The van der Waals surface area contributed by atoms with E-state index in [-0.39, 0.29) is 11.6 Å². The summed E-state index contributed by atoms with van der Waals surface area (Å²) in [6.07, 6.45) is -3.23. The molecule has 4 nitrogen and oxygen atoms in total. The number of nitrogens with one attached hydrogen (secondary N) is 1. The molecule has 0 unspecified atom stereocenters. The van der Waals surface area contributed by atoms with E-state index in [9.17, 15) is 13.2 Å². The van der Waals surface area contributed by atoms with Gasteiger partial charge in [0.2, 0.25) is 5.82 Å². The number of nitrogens with zero attached hydrogens (tertiary/aromatic N) is 3. The molecular weight excluding hydrogens is 221 g/mol. The van der Waals surface area contributed by atoms with E-state index < -0.39 is 12.0 Å². The summed E-state index contributed by atoms with van der Waals surface area (Å²) in [5, 5.41) is 0. The predicted molar refractivity (Wildman–Crippen MR) is 50.8 cm³/mol. The minimum Gasteiger partial charge on any atom is -0.329 e. The molecule has 2 rings (SSSR count). The van der Waals surface area contributed by atoms with E-state index in [1.807, 2.05) is 0 Å². The molecular formula is C9H9F3N4. The summed E-state index contributed by atoms with van der Waals surface area (Å²) in [6, 6.07) is 0. The number of fused-ring (bicyclic) bond motifs is 1. The third kappa shape index (κ3) is 1.72. The van der Waals surface area contributed by atoms with Crippen molar-refractivity contribution in [1.82, 2.24) is 19.9 Å². The van der Waals surface area contributed by atoms with E-state index in [1.165, 1.54) is 6.33 Å². The van der Waals surface area contributed by atoms with Crippen LogP contribution in [0.25, 0.3) is 11.2 Å². The van der Waals surface area contributed by atoms with Crippen LogP contribution in [0.4, 0.5) is 13.2 Å². The van der Waals surface area contributed by atoms with Crippen LogP contribution in [0.3, 0.4) is 0 Å². The zero-order valence-electron chi connectivity index (χ0n) is 8.63. The van der Waals surface area contributed by atoms with Crippen LogP contribution in [0.1, 0.15) is 31.3 Å². The molecule has 2 heterocycles. The standard InChI is InChI=1S/C9H9F3N4/c1-4(2)5-6-7(14-3-13-6)16-8(15-5)9(10,11)12/h3-4H,1-2H3,(H,13,14,15,16). The lowest BCUT2D eigenvalue weighted by molar-refractivity contribution is -0.144. The Bertz CT molecular complexity index is 515. The van der Waals surface area contributed by atoms with Crippen LogP contribution in [0.5, 0.6) is 0 Å². The van der Waals surface area contributed by atoms with E-state index >= 15 is 0 Å². The molecule has 86 valence electrons. The number of imidazole rings is 1. The fourth-order valence-electron chi connectivity index (χ4n) is 1.39. The van der Waals surface area contributed by atoms with Crippen molar-refractivity contribution in [3.8, 4) is 0 Å². The van der Waals surface area contributed by atoms with Gasteiger partial charge in [-0.05, 0) is 5.92 Å². The highest BCUT2D eigenvalue weighted by Gasteiger charge is 2.36. The molecule has 2 aromatic heterocycles. The average Bonchev–Trinajstić information content (AvgIpc) is 2.61. The van der Waals surface area contributed by atoms with Crippen molar-refractivity contribution in [1.29, 1.82) is 0 Å². The Labute approximate surface area is 88.9 Å². The maximum absolute atomic E-state index is 12.5. The third-order valence-electron chi connectivity index (χ3n) is 2.11. The van der Waals surface area contributed by atoms with Gasteiger partial charge in [-0.3, -0.25) is 0 Å². The zero-order valence-corrected chi connectivity index (χ0v) is 8.63. The average molecular weight is 230 g/mol. The van der Waals surface area contributed by atoms with Gasteiger partial charge in [-0.15, -0.1) is 0 Å². The molecule has 0 amide bonds. The highest BCUT2D eigenvalue weighted by molar-refractivity contribution is 5.73. The van der Waals surface area contributed by atoms with Crippen molar-refractivity contribution < 1.29 is 13.2 Å². The molecule has 0 radical (unpaired) electrons. The smallest absolute Gasteiger partial charge is 0.329 e. The summed E-state index contributed by atoms with van der Waals surface area (Å²) in [5.41, 5.74) is 0.813. The third-order valence-corrected chi connectivity index (χ3v) is 2.11. The largest absolute Gasteiger partial charge is 0.451 e. The summed E-state index contributed by atoms with van der Waals surface area (Å²) in [4.78, 5) is 13.4. The fraction of sp³-hybridized carbons (Fsp3) is 0.444. The molecule has 0 atom stereocenters. The van der Waals surface area contributed by atoms with Gasteiger partial charge in [-0.2, -0.15) is 13.2 Å². The molecule has 16 heavy (non-hydrogen) atoms. The van der Waals surface area contributed by atoms with Gasteiger partial charge in [0.05, 0.1) is 12.0 Å². The van der Waals surface area contributed by atoms with E-state index in [4.69, 9.17) is 0 Å². The highest BCUT2D eigenvalue weighted by atomic mass is 19.4. The van der Waals surface area contributed by atoms with Gasteiger partial charge >= 0.3 is 6.18 Å². The second-order valence-electron chi connectivity index (χ2n) is 3.68. The molecule has 0 aliphatic carbocycles. The number of H-pyrrole nitrogens is 1. The van der Waals surface area contributed by atoms with Gasteiger partial charge in [0.25, 0.3) is 0 Å². The molecule has 0 spiro atoms. The summed E-state index contributed by atoms with van der Waals surface area (Å²) >= 11 is 0. The molecule has 0 saturated heterocycles. The second kappa shape index (κ2) is 3.43. The van der Waals surface area contributed by atoms with Crippen LogP contribution in [0.15, 0.2) is 6.33 Å². The lowest BCUT2D eigenvalue weighted by Gasteiger charge is -2.09. The zero-order chi connectivity index (χ0) is 11.9. The number of aromatic nitrogens is 4. The fourth-order valence-corrected chi connectivity index (χ4v) is 1.39. The van der Waals surface area contributed by atoms with Crippen molar-refractivity contribution in [2.45, 2.75) is 25.9 Å². The Hall–Kier alpha value is -1.66. The molecule has 2 aromatic rings. The quantitative estimate of drug-likeness (QED) is 0.818. The maximum atomic E-state index is 12.5. The topological polar surface area (TPSA) is 54.5 Å². The van der Waals surface area contributed by atoms with Crippen LogP contribution < -0.4 is 0 Å². The first-order valence-corrected chi connectivity index (χ1v) is 4.68. The Kier molecular flexibility index (Phi) is 2.32. The molecule has 0 aliphatic heterocycles. The number of hydrogen-bond acceptors (Lipinski definition) is 3. The first-order chi connectivity index (χ1) is 7.39. The number of halogens is 3. The van der Waals surface area contributed by atoms with Gasteiger partial charge in [-0.1, -0.05) is 13.8 Å². The molecule has 0 bridgehead atoms. The molecule has 0 aromatic carbocycles. The Morgan fingerprint density at radius 2 is 1.94 bits per heavy atom. The van der Waals surface area contributed by atoms with E-state index in [0.717, 1.165) is 0 Å². The van der Waals surface area contributed by atoms with Crippen molar-refractivity contribution in [2.24, 2.45) is 0 Å². The first-order valence-electron chi connectivity index (χ1n) is 4.68. The van der Waals surface area contributed by atoms with Crippen LogP contribution in [-0.2, 0) is 6.18 Å². The molecule has 0 aliphatic rings. The first kappa shape index (κ1) is 10.8. The SMILES string of the molecule is CC(C)c1nc(C(F)(F)F)nc2[nH]cnc12. The van der Waals surface area contributed by atoms with E-state index in [2.05, 4.69) is 19.9 Å². The van der Waals surface area contributed by atoms with Gasteiger partial charge in [0, 0.05) is 0 Å². The van der Waals surface area contributed by atoms with Crippen molar-refractivity contribution in [2.75, 3.05) is 0 Å². The summed E-state index contributed by atoms with van der Waals surface area (Å²) in [6.45, 7) is 3.52. The predicted octanol–water partition coefficient (Wildman–Crippen LogP) is 2.50. The Morgan fingerprint density at radius 1 is 1.25 bits per heavy atom. The van der Waals surface area contributed by atoms with Crippen LogP contribution >= 0.6 is 0 Å². The van der Waals surface area contributed by atoms with Crippen LogP contribution in [-0.4, -0.2) is 19.9 Å². The second-order valence-corrected chi connectivity index (χ2v) is 3.68. The van der Waals surface area contributed by atoms with E-state index in [0.29, 0.717) is 11.2 Å². The van der Waals surface area contributed by atoms with E-state index in [1.54, 1.807) is 13.8 Å². The summed E-state index contributed by atoms with van der Waals surface area (Å²) in [7, 11) is 0. The molecule has 7 heteroatoms. The number of rotatable bonds is 1. The van der Waals surface area contributed by atoms with Crippen molar-refractivity contribution in [3.05, 3.63) is 17.8 Å². The summed E-state index contributed by atoms with van der Waals surface area (Å²) < 4.78 is 37.5. The van der Waals surface area contributed by atoms with Crippen LogP contribution in [0.2, 0.25) is 0 Å². The Morgan fingerprint density at radius 3 is 2.50 bits per heavy atom. The normalized spacial score (nSPS) is 12.6. The monoisotopic (exact) mass is 230 g/mol. The highest BCUT2D eigenvalue weighted by Crippen LogP contribution is 2.29. The van der Waals surface area contributed by atoms with Crippen molar-refractivity contribution >= 4 is 11.2 Å². The van der Waals surface area contributed by atoms with Gasteiger partial charge in [-0.25, -0.2) is 15.0 Å². The minimum atomic E-state index is -4.54. The van der Waals surface area contributed by atoms with Crippen LogP contribution in [0, 0.1) is 0 Å². The van der Waals surface area contributed by atoms with Gasteiger partial charge < -0.3 is 4.98 Å². The molecule has 1 N–H and O–H groups in total. The van der Waals surface area contributed by atoms with Gasteiger partial charge in [0.1, 0.15) is 5.52 Å². The number of alkyl halides is 3. The minimum absolute atomic E-state index is 0.117. The Balaban J connectivity index is 2.71. The van der Waals surface area contributed by atoms with Crippen molar-refractivity contribution in [3.63, 3.8) is 0 Å². The number of hydrogen-bond donors (Lipinski definition) is 1. The maximum Gasteiger partial charge on any atom is 0.451 e.